The Labute approximate surface area is 104 Å². The van der Waals surface area contributed by atoms with E-state index < -0.39 is 0 Å². The molecule has 1 aliphatic heterocycles. The third kappa shape index (κ3) is 2.28. The number of benzene rings is 1. The van der Waals surface area contributed by atoms with E-state index in [1.807, 2.05) is 16.2 Å². The molecule has 0 fully saturated rings. The summed E-state index contributed by atoms with van der Waals surface area (Å²) in [6.45, 7) is 13.8. The predicted molar refractivity (Wildman–Crippen MR) is 71.8 cm³/mol. The number of hydrogen-bond acceptors (Lipinski definition) is 3. The average molecular weight is 229 g/mol. The van der Waals surface area contributed by atoms with Crippen molar-refractivity contribution >= 4 is 12.0 Å². The number of hydrogen-bond donors (Lipinski definition) is 0. The van der Waals surface area contributed by atoms with Crippen molar-refractivity contribution < 1.29 is 0 Å². The van der Waals surface area contributed by atoms with Crippen molar-refractivity contribution in [3.63, 3.8) is 0 Å². The van der Waals surface area contributed by atoms with Gasteiger partial charge in [-0.05, 0) is 45.7 Å². The van der Waals surface area contributed by atoms with Crippen LogP contribution in [-0.4, -0.2) is 17.4 Å². The highest BCUT2D eigenvalue weighted by Crippen LogP contribution is 2.29. The molecule has 0 unspecified atom stereocenters. The second kappa shape index (κ2) is 4.40. The van der Waals surface area contributed by atoms with Crippen LogP contribution >= 0.6 is 0 Å². The van der Waals surface area contributed by atoms with E-state index in [9.17, 15) is 0 Å². The van der Waals surface area contributed by atoms with Crippen LogP contribution in [0.5, 0.6) is 0 Å². The molecule has 0 saturated heterocycles. The summed E-state index contributed by atoms with van der Waals surface area (Å²) in [6.07, 6.45) is 1.82. The molecule has 0 bridgehead atoms. The van der Waals surface area contributed by atoms with Crippen LogP contribution in [0.4, 0.5) is 5.69 Å². The zero-order valence-electron chi connectivity index (χ0n) is 11.2. The summed E-state index contributed by atoms with van der Waals surface area (Å²) in [5.41, 5.74) is 4.99. The van der Waals surface area contributed by atoms with Gasteiger partial charge >= 0.3 is 0 Å². The summed E-state index contributed by atoms with van der Waals surface area (Å²) in [6, 6.07) is 4.72. The van der Waals surface area contributed by atoms with E-state index in [1.165, 1.54) is 22.4 Å². The highest BCUT2D eigenvalue weighted by Gasteiger charge is 2.22. The summed E-state index contributed by atoms with van der Waals surface area (Å²) in [4.78, 5) is 1.98. The van der Waals surface area contributed by atoms with E-state index in [0.717, 1.165) is 0 Å². The minimum atomic E-state index is 0.335. The van der Waals surface area contributed by atoms with E-state index in [2.05, 4.69) is 58.5 Å². The maximum Gasteiger partial charge on any atom is 0.232 e. The maximum absolute atomic E-state index is 4.32. The molecule has 0 aliphatic carbocycles. The molecule has 0 amide bonds. The first-order chi connectivity index (χ1) is 7.99. The van der Waals surface area contributed by atoms with Gasteiger partial charge in [0.1, 0.15) is 6.34 Å². The van der Waals surface area contributed by atoms with Gasteiger partial charge in [-0.25, -0.2) is 0 Å². The molecule has 1 aromatic rings. The Kier molecular flexibility index (Phi) is 3.09. The Morgan fingerprint density at radius 1 is 1.12 bits per heavy atom. The summed E-state index contributed by atoms with van der Waals surface area (Å²) in [7, 11) is 0. The number of anilines is 1. The van der Waals surface area contributed by atoms with Crippen molar-refractivity contribution in [1.29, 1.82) is 0 Å². The normalized spacial score (nSPS) is 15.2. The summed E-state index contributed by atoms with van der Waals surface area (Å²) < 4.78 is 0. The molecular formula is C14H19N3. The largest absolute Gasteiger partial charge is 0.297 e. The molecule has 1 aliphatic rings. The molecule has 0 N–H and O–H groups in total. The van der Waals surface area contributed by atoms with Gasteiger partial charge in [-0.1, -0.05) is 17.7 Å². The third-order valence-electron chi connectivity index (χ3n) is 2.87. The molecule has 2 radical (unpaired) electrons. The smallest absolute Gasteiger partial charge is 0.232 e. The van der Waals surface area contributed by atoms with Crippen molar-refractivity contribution in [3.8, 4) is 0 Å². The number of hydrazone groups is 1. The monoisotopic (exact) mass is 229 g/mol. The topological polar surface area (TPSA) is 18.8 Å². The zero-order valence-corrected chi connectivity index (χ0v) is 11.2. The van der Waals surface area contributed by atoms with Crippen molar-refractivity contribution in [3.05, 3.63) is 35.5 Å². The van der Waals surface area contributed by atoms with Gasteiger partial charge in [0.2, 0.25) is 6.67 Å². The lowest BCUT2D eigenvalue weighted by Crippen LogP contribution is -2.26. The van der Waals surface area contributed by atoms with Crippen LogP contribution in [0, 0.1) is 27.4 Å². The zero-order chi connectivity index (χ0) is 12.6. The van der Waals surface area contributed by atoms with Gasteiger partial charge in [0.05, 0.1) is 5.69 Å². The molecule has 90 valence electrons. The van der Waals surface area contributed by atoms with Crippen LogP contribution in [0.3, 0.4) is 0 Å². The molecule has 3 nitrogen and oxygen atoms in total. The Bertz CT molecular complexity index is 426. The van der Waals surface area contributed by atoms with Gasteiger partial charge < -0.3 is 0 Å². The van der Waals surface area contributed by atoms with Crippen molar-refractivity contribution in [2.24, 2.45) is 5.10 Å². The van der Waals surface area contributed by atoms with E-state index >= 15 is 0 Å². The van der Waals surface area contributed by atoms with E-state index in [-0.39, 0.29) is 0 Å². The lowest BCUT2D eigenvalue weighted by Gasteiger charge is -2.22. The predicted octanol–water partition coefficient (Wildman–Crippen LogP) is 3.08. The summed E-state index contributed by atoms with van der Waals surface area (Å²) in [5.74, 6) is 0. The molecule has 1 aromatic carbocycles. The fourth-order valence-electron chi connectivity index (χ4n) is 2.18. The van der Waals surface area contributed by atoms with E-state index in [4.69, 9.17) is 0 Å². The Morgan fingerprint density at radius 2 is 1.71 bits per heavy atom. The quantitative estimate of drug-likeness (QED) is 0.776. The first-order valence-corrected chi connectivity index (χ1v) is 5.95. The SMILES string of the molecule is Cc1cc(C)c(N2[C]N(C(C)C)N=C2)c(C)c1. The van der Waals surface area contributed by atoms with Crippen LogP contribution in [0.25, 0.3) is 0 Å². The van der Waals surface area contributed by atoms with Crippen LogP contribution in [0.15, 0.2) is 17.2 Å². The fourth-order valence-corrected chi connectivity index (χ4v) is 2.18. The fraction of sp³-hybridized carbons (Fsp3) is 0.429. The van der Waals surface area contributed by atoms with Crippen LogP contribution in [0.1, 0.15) is 30.5 Å². The van der Waals surface area contributed by atoms with Crippen molar-refractivity contribution in [2.45, 2.75) is 40.7 Å². The van der Waals surface area contributed by atoms with Crippen molar-refractivity contribution in [2.75, 3.05) is 4.90 Å². The van der Waals surface area contributed by atoms with Gasteiger partial charge in [0.15, 0.2) is 0 Å². The standard InChI is InChI=1S/C14H19N3/c1-10(2)17-9-16(8-15-17)14-12(4)6-11(3)7-13(14)5/h6-8,10H,1-5H3. The first kappa shape index (κ1) is 12.0. The lowest BCUT2D eigenvalue weighted by atomic mass is 10.0. The highest BCUT2D eigenvalue weighted by atomic mass is 15.6. The Balaban J connectivity index is 2.29. The average Bonchev–Trinajstić information content (AvgIpc) is 2.65. The second-order valence-corrected chi connectivity index (χ2v) is 4.89. The van der Waals surface area contributed by atoms with Gasteiger partial charge in [-0.15, -0.1) is 0 Å². The van der Waals surface area contributed by atoms with Gasteiger partial charge in [-0.2, -0.15) is 5.10 Å². The molecule has 0 atom stereocenters. The summed E-state index contributed by atoms with van der Waals surface area (Å²) in [5, 5.41) is 6.17. The number of rotatable bonds is 2. The van der Waals surface area contributed by atoms with Crippen LogP contribution in [0.2, 0.25) is 0 Å². The molecule has 0 saturated carbocycles. The molecule has 0 aromatic heterocycles. The molecule has 17 heavy (non-hydrogen) atoms. The Hall–Kier alpha value is -1.51. The molecule has 0 spiro atoms. The number of aryl methyl sites for hydroxylation is 3. The molecule has 2 rings (SSSR count). The van der Waals surface area contributed by atoms with Gasteiger partial charge in [-0.3, -0.25) is 9.91 Å². The molecule has 1 heterocycles. The van der Waals surface area contributed by atoms with Gasteiger partial charge in [0, 0.05) is 6.04 Å². The van der Waals surface area contributed by atoms with Crippen molar-refractivity contribution in [1.82, 2.24) is 5.01 Å². The minimum Gasteiger partial charge on any atom is -0.297 e. The number of nitrogens with zero attached hydrogens (tertiary/aromatic N) is 3. The lowest BCUT2D eigenvalue weighted by molar-refractivity contribution is 0.304. The van der Waals surface area contributed by atoms with Crippen LogP contribution < -0.4 is 4.90 Å². The molecular weight excluding hydrogens is 210 g/mol. The molecule has 3 heteroatoms. The second-order valence-electron chi connectivity index (χ2n) is 4.89. The first-order valence-electron chi connectivity index (χ1n) is 5.95. The highest BCUT2D eigenvalue weighted by molar-refractivity contribution is 5.85. The minimum absolute atomic E-state index is 0.335. The van der Waals surface area contributed by atoms with E-state index in [0.29, 0.717) is 6.04 Å². The maximum atomic E-state index is 4.32. The third-order valence-corrected chi connectivity index (χ3v) is 2.87. The Morgan fingerprint density at radius 3 is 2.18 bits per heavy atom. The van der Waals surface area contributed by atoms with E-state index in [1.54, 1.807) is 0 Å². The summed E-state index contributed by atoms with van der Waals surface area (Å²) >= 11 is 0. The van der Waals surface area contributed by atoms with Gasteiger partial charge in [0.25, 0.3) is 0 Å². The van der Waals surface area contributed by atoms with Crippen LogP contribution in [-0.2, 0) is 0 Å².